The Balaban J connectivity index is 2.19. The number of anilines is 3. The highest BCUT2D eigenvalue weighted by Crippen LogP contribution is 2.35. The fourth-order valence-corrected chi connectivity index (χ4v) is 2.44. The van der Waals surface area contributed by atoms with Crippen LogP contribution in [0.25, 0.3) is 0 Å². The second-order valence-electron chi connectivity index (χ2n) is 4.81. The van der Waals surface area contributed by atoms with Crippen LogP contribution >= 0.6 is 0 Å². The zero-order valence-corrected chi connectivity index (χ0v) is 12.0. The largest absolute Gasteiger partial charge is 0.411 e. The van der Waals surface area contributed by atoms with Crippen molar-refractivity contribution in [3.05, 3.63) is 90.5 Å². The maximum atomic E-state index is 8.92. The van der Waals surface area contributed by atoms with E-state index in [0.29, 0.717) is 0 Å². The van der Waals surface area contributed by atoms with Gasteiger partial charge in [-0.25, -0.2) is 0 Å². The summed E-state index contributed by atoms with van der Waals surface area (Å²) in [6.07, 6.45) is 1.45. The second-order valence-corrected chi connectivity index (χ2v) is 4.81. The number of nitrogens with zero attached hydrogens (tertiary/aromatic N) is 2. The quantitative estimate of drug-likeness (QED) is 0.418. The van der Waals surface area contributed by atoms with Gasteiger partial charge in [-0.05, 0) is 30.3 Å². The van der Waals surface area contributed by atoms with Crippen molar-refractivity contribution in [2.45, 2.75) is 0 Å². The minimum absolute atomic E-state index is 0.845. The van der Waals surface area contributed by atoms with Crippen LogP contribution in [-0.2, 0) is 0 Å². The topological polar surface area (TPSA) is 35.8 Å². The first-order chi connectivity index (χ1) is 10.9. The molecule has 108 valence electrons. The summed E-state index contributed by atoms with van der Waals surface area (Å²) in [7, 11) is 0. The average Bonchev–Trinajstić information content (AvgIpc) is 2.59. The van der Waals surface area contributed by atoms with Gasteiger partial charge in [-0.1, -0.05) is 59.8 Å². The minimum atomic E-state index is 0.845. The van der Waals surface area contributed by atoms with E-state index in [9.17, 15) is 0 Å². The van der Waals surface area contributed by atoms with Gasteiger partial charge in [0.15, 0.2) is 0 Å². The van der Waals surface area contributed by atoms with Crippen LogP contribution in [0.4, 0.5) is 17.1 Å². The first-order valence-electron chi connectivity index (χ1n) is 7.07. The zero-order valence-electron chi connectivity index (χ0n) is 12.0. The van der Waals surface area contributed by atoms with E-state index in [1.807, 2.05) is 60.7 Å². The Hall–Kier alpha value is -3.07. The van der Waals surface area contributed by atoms with Crippen LogP contribution in [0.15, 0.2) is 90.1 Å². The number of hydrogen-bond donors (Lipinski definition) is 1. The Labute approximate surface area is 129 Å². The van der Waals surface area contributed by atoms with Crippen LogP contribution < -0.4 is 4.90 Å². The third-order valence-corrected chi connectivity index (χ3v) is 3.40. The number of para-hydroxylation sites is 3. The maximum absolute atomic E-state index is 8.92. The molecule has 0 aliphatic rings. The Morgan fingerprint density at radius 2 is 1.18 bits per heavy atom. The van der Waals surface area contributed by atoms with Gasteiger partial charge in [0.25, 0.3) is 0 Å². The van der Waals surface area contributed by atoms with Gasteiger partial charge in [0.1, 0.15) is 0 Å². The molecule has 3 nitrogen and oxygen atoms in total. The van der Waals surface area contributed by atoms with Crippen molar-refractivity contribution >= 4 is 23.3 Å². The van der Waals surface area contributed by atoms with Crippen LogP contribution in [0.5, 0.6) is 0 Å². The molecule has 3 rings (SSSR count). The third kappa shape index (κ3) is 2.83. The zero-order chi connectivity index (χ0) is 15.2. The molecular weight excluding hydrogens is 272 g/mol. The molecule has 0 saturated carbocycles. The molecule has 22 heavy (non-hydrogen) atoms. The lowest BCUT2D eigenvalue weighted by molar-refractivity contribution is 0.322. The minimum Gasteiger partial charge on any atom is -0.411 e. The first kappa shape index (κ1) is 13.9. The molecule has 0 heterocycles. The van der Waals surface area contributed by atoms with Crippen LogP contribution in [-0.4, -0.2) is 11.4 Å². The van der Waals surface area contributed by atoms with Crippen LogP contribution in [0.3, 0.4) is 0 Å². The third-order valence-electron chi connectivity index (χ3n) is 3.40. The van der Waals surface area contributed by atoms with Crippen molar-refractivity contribution in [1.29, 1.82) is 0 Å². The van der Waals surface area contributed by atoms with E-state index in [0.717, 1.165) is 22.6 Å². The van der Waals surface area contributed by atoms with Crippen molar-refractivity contribution in [3.8, 4) is 0 Å². The highest BCUT2D eigenvalue weighted by Gasteiger charge is 2.14. The molecule has 3 heteroatoms. The fraction of sp³-hybridized carbons (Fsp3) is 0. The summed E-state index contributed by atoms with van der Waals surface area (Å²) in [5, 5.41) is 12.1. The van der Waals surface area contributed by atoms with Gasteiger partial charge in [0.2, 0.25) is 0 Å². The molecular formula is C19H16N2O. The monoisotopic (exact) mass is 288 g/mol. The maximum Gasteiger partial charge on any atom is 0.0754 e. The predicted molar refractivity (Wildman–Crippen MR) is 90.5 cm³/mol. The lowest BCUT2D eigenvalue weighted by Gasteiger charge is -2.26. The van der Waals surface area contributed by atoms with Crippen molar-refractivity contribution in [2.24, 2.45) is 5.16 Å². The molecule has 1 N–H and O–H groups in total. The first-order valence-corrected chi connectivity index (χ1v) is 7.07. The van der Waals surface area contributed by atoms with E-state index < -0.39 is 0 Å². The molecule has 0 saturated heterocycles. The van der Waals surface area contributed by atoms with E-state index >= 15 is 0 Å². The summed E-state index contributed by atoms with van der Waals surface area (Å²) < 4.78 is 0. The standard InChI is InChI=1S/C19H16N2O/c22-20-15-16-9-7-8-14-19(16)21(17-10-3-1-4-11-17)18-12-5-2-6-13-18/h1-15,22H/b20-15+. The Morgan fingerprint density at radius 3 is 1.73 bits per heavy atom. The molecule has 3 aromatic carbocycles. The van der Waals surface area contributed by atoms with Crippen molar-refractivity contribution in [2.75, 3.05) is 4.90 Å². The van der Waals surface area contributed by atoms with Crippen LogP contribution in [0, 0.1) is 0 Å². The number of oxime groups is 1. The highest BCUT2D eigenvalue weighted by molar-refractivity contribution is 5.92. The summed E-state index contributed by atoms with van der Waals surface area (Å²) in [5.74, 6) is 0. The Bertz CT molecular complexity index is 715. The Kier molecular flexibility index (Phi) is 4.16. The highest BCUT2D eigenvalue weighted by atomic mass is 16.4. The molecule has 0 radical (unpaired) electrons. The normalized spacial score (nSPS) is 10.7. The molecule has 0 spiro atoms. The molecule has 0 aliphatic heterocycles. The number of hydrogen-bond acceptors (Lipinski definition) is 3. The summed E-state index contributed by atoms with van der Waals surface area (Å²) in [5.41, 5.74) is 3.90. The molecule has 0 amide bonds. The predicted octanol–water partition coefficient (Wildman–Crippen LogP) is 4.96. The van der Waals surface area contributed by atoms with Gasteiger partial charge in [0.05, 0.1) is 11.9 Å². The van der Waals surface area contributed by atoms with E-state index in [1.165, 1.54) is 6.21 Å². The van der Waals surface area contributed by atoms with Crippen LogP contribution in [0.1, 0.15) is 5.56 Å². The molecule has 0 fully saturated rings. The molecule has 0 aliphatic carbocycles. The van der Waals surface area contributed by atoms with E-state index in [4.69, 9.17) is 5.21 Å². The molecule has 3 aromatic rings. The van der Waals surface area contributed by atoms with Gasteiger partial charge < -0.3 is 10.1 Å². The lowest BCUT2D eigenvalue weighted by atomic mass is 10.1. The second kappa shape index (κ2) is 6.59. The number of rotatable bonds is 4. The molecule has 0 aromatic heterocycles. The molecule has 0 bridgehead atoms. The van der Waals surface area contributed by atoms with Gasteiger partial charge >= 0.3 is 0 Å². The van der Waals surface area contributed by atoms with Crippen molar-refractivity contribution < 1.29 is 5.21 Å². The van der Waals surface area contributed by atoms with Gasteiger partial charge in [-0.3, -0.25) is 0 Å². The molecule has 0 unspecified atom stereocenters. The Morgan fingerprint density at radius 1 is 0.682 bits per heavy atom. The number of benzene rings is 3. The van der Waals surface area contributed by atoms with Gasteiger partial charge in [-0.15, -0.1) is 0 Å². The van der Waals surface area contributed by atoms with Gasteiger partial charge in [-0.2, -0.15) is 0 Å². The van der Waals surface area contributed by atoms with E-state index in [1.54, 1.807) is 0 Å². The summed E-state index contributed by atoms with van der Waals surface area (Å²) in [6, 6.07) is 28.1. The lowest BCUT2D eigenvalue weighted by Crippen LogP contribution is -2.11. The van der Waals surface area contributed by atoms with Crippen LogP contribution in [0.2, 0.25) is 0 Å². The smallest absolute Gasteiger partial charge is 0.0754 e. The average molecular weight is 288 g/mol. The van der Waals surface area contributed by atoms with Crippen molar-refractivity contribution in [3.63, 3.8) is 0 Å². The van der Waals surface area contributed by atoms with E-state index in [-0.39, 0.29) is 0 Å². The van der Waals surface area contributed by atoms with Crippen molar-refractivity contribution in [1.82, 2.24) is 0 Å². The summed E-state index contributed by atoms with van der Waals surface area (Å²) >= 11 is 0. The van der Waals surface area contributed by atoms with Gasteiger partial charge in [0, 0.05) is 16.9 Å². The summed E-state index contributed by atoms with van der Waals surface area (Å²) in [4.78, 5) is 2.14. The van der Waals surface area contributed by atoms with E-state index in [2.05, 4.69) is 34.3 Å². The molecule has 0 atom stereocenters. The SMILES string of the molecule is O/N=C/c1ccccc1N(c1ccccc1)c1ccccc1. The summed E-state index contributed by atoms with van der Waals surface area (Å²) in [6.45, 7) is 0. The fourth-order valence-electron chi connectivity index (χ4n) is 2.44.